The van der Waals surface area contributed by atoms with Crippen LogP contribution in [0.2, 0.25) is 0 Å². The van der Waals surface area contributed by atoms with E-state index in [1.54, 1.807) is 0 Å². The maximum atomic E-state index is 12.4. The van der Waals surface area contributed by atoms with Crippen molar-refractivity contribution < 1.29 is 4.79 Å². The van der Waals surface area contributed by atoms with E-state index in [1.807, 2.05) is 21.6 Å². The molecule has 0 aromatic heterocycles. The topological polar surface area (TPSA) is 20.3 Å². The number of benzene rings is 1. The van der Waals surface area contributed by atoms with Gasteiger partial charge in [0.2, 0.25) is 5.91 Å². The molecule has 0 unspecified atom stereocenters. The van der Waals surface area contributed by atoms with Crippen molar-refractivity contribution in [3.63, 3.8) is 0 Å². The van der Waals surface area contributed by atoms with Crippen molar-refractivity contribution in [1.82, 2.24) is 4.90 Å². The van der Waals surface area contributed by atoms with Crippen LogP contribution in [0.4, 0.5) is 0 Å². The van der Waals surface area contributed by atoms with Crippen LogP contribution in [0.5, 0.6) is 0 Å². The third-order valence-electron chi connectivity index (χ3n) is 5.01. The van der Waals surface area contributed by atoms with Crippen LogP contribution in [0.1, 0.15) is 56.4 Å². The van der Waals surface area contributed by atoms with E-state index in [0.29, 0.717) is 11.8 Å². The largest absolute Gasteiger partial charge is 0.343 e. The van der Waals surface area contributed by atoms with Crippen LogP contribution in [-0.4, -0.2) is 34.9 Å². The van der Waals surface area contributed by atoms with Gasteiger partial charge in [0.15, 0.2) is 0 Å². The van der Waals surface area contributed by atoms with E-state index in [2.05, 4.69) is 35.2 Å². The number of amides is 1. The molecule has 0 spiro atoms. The Bertz CT molecular complexity index is 479. The van der Waals surface area contributed by atoms with Crippen molar-refractivity contribution in [1.29, 1.82) is 0 Å². The van der Waals surface area contributed by atoms with E-state index in [4.69, 9.17) is 0 Å². The maximum Gasteiger partial charge on any atom is 0.222 e. The minimum Gasteiger partial charge on any atom is -0.343 e. The highest BCUT2D eigenvalue weighted by Crippen LogP contribution is 2.40. The lowest BCUT2D eigenvalue weighted by molar-refractivity contribution is -0.132. The molecule has 0 radical (unpaired) electrons. The van der Waals surface area contributed by atoms with Gasteiger partial charge in [-0.15, -0.1) is 0 Å². The van der Waals surface area contributed by atoms with E-state index >= 15 is 0 Å². The highest BCUT2D eigenvalue weighted by Gasteiger charge is 2.23. The van der Waals surface area contributed by atoms with Gasteiger partial charge in [-0.2, -0.15) is 0 Å². The van der Waals surface area contributed by atoms with Gasteiger partial charge >= 0.3 is 0 Å². The fraction of sp³-hybridized carbons (Fsp3) is 0.632. The zero-order valence-corrected chi connectivity index (χ0v) is 15.4. The minimum absolute atomic E-state index is 0.380. The average molecular weight is 350 g/mol. The molecule has 0 N–H and O–H groups in total. The number of nitrogens with zero attached hydrogens (tertiary/aromatic N) is 1. The second-order valence-corrected chi connectivity index (χ2v) is 9.43. The molecule has 2 fully saturated rings. The number of carbonyl (C=O) groups is 1. The number of likely N-dealkylation sites (tertiary alicyclic amines) is 1. The summed E-state index contributed by atoms with van der Waals surface area (Å²) in [5.74, 6) is 2.33. The summed E-state index contributed by atoms with van der Waals surface area (Å²) in [6.07, 6.45) is 7.92. The Labute approximate surface area is 148 Å². The number of unbranched alkanes of at least 4 members (excludes halogenated alkanes) is 1. The molecule has 2 aliphatic rings. The predicted octanol–water partition coefficient (Wildman–Crippen LogP) is 5.11. The molecule has 2 aliphatic heterocycles. The lowest BCUT2D eigenvalue weighted by Crippen LogP contribution is -2.37. The summed E-state index contributed by atoms with van der Waals surface area (Å²) in [6.45, 7) is 1.88. The highest BCUT2D eigenvalue weighted by atomic mass is 33.1. The fourth-order valence-corrected chi connectivity index (χ4v) is 6.59. The standard InChI is InChI=1S/C19H27NOS2/c21-19(9-5-4-8-18-12-15-22-23-18)20-13-10-17(11-14-20)16-6-2-1-3-7-16/h1-3,6-7,17-18H,4-5,8-15H2/t18-/m1/s1. The molecule has 1 amide bonds. The first-order chi connectivity index (χ1) is 11.3. The molecule has 0 aliphatic carbocycles. The van der Waals surface area contributed by atoms with Crippen LogP contribution in [-0.2, 0) is 4.79 Å². The Morgan fingerprint density at radius 2 is 1.87 bits per heavy atom. The molecular formula is C19H27NOS2. The van der Waals surface area contributed by atoms with Crippen LogP contribution in [0, 0.1) is 0 Å². The van der Waals surface area contributed by atoms with Gasteiger partial charge in [0.25, 0.3) is 0 Å². The first-order valence-electron chi connectivity index (χ1n) is 8.94. The Morgan fingerprint density at radius 1 is 1.09 bits per heavy atom. The third kappa shape index (κ3) is 5.18. The van der Waals surface area contributed by atoms with E-state index in [0.717, 1.165) is 44.0 Å². The zero-order valence-electron chi connectivity index (χ0n) is 13.8. The third-order valence-corrected chi connectivity index (χ3v) is 8.02. The normalized spacial score (nSPS) is 22.4. The lowest BCUT2D eigenvalue weighted by atomic mass is 9.89. The molecule has 4 heteroatoms. The Hall–Kier alpha value is -0.610. The average Bonchev–Trinajstić information content (AvgIpc) is 3.13. The summed E-state index contributed by atoms with van der Waals surface area (Å²) < 4.78 is 0. The summed E-state index contributed by atoms with van der Waals surface area (Å²) in [7, 11) is 4.06. The molecule has 1 aromatic carbocycles. The van der Waals surface area contributed by atoms with Crippen LogP contribution in [0.25, 0.3) is 0 Å². The summed E-state index contributed by atoms with van der Waals surface area (Å²) in [6, 6.07) is 10.8. The number of hydrogen-bond acceptors (Lipinski definition) is 3. The molecule has 1 atom stereocenters. The van der Waals surface area contributed by atoms with Gasteiger partial charge < -0.3 is 4.90 Å². The number of piperidine rings is 1. The Morgan fingerprint density at radius 3 is 2.57 bits per heavy atom. The van der Waals surface area contributed by atoms with Gasteiger partial charge in [-0.25, -0.2) is 0 Å². The summed E-state index contributed by atoms with van der Waals surface area (Å²) >= 11 is 0. The summed E-state index contributed by atoms with van der Waals surface area (Å²) in [5.41, 5.74) is 1.44. The molecule has 3 rings (SSSR count). The van der Waals surface area contributed by atoms with Crippen molar-refractivity contribution in [2.75, 3.05) is 18.8 Å². The molecule has 23 heavy (non-hydrogen) atoms. The number of carbonyl (C=O) groups excluding carboxylic acids is 1. The molecular weight excluding hydrogens is 322 g/mol. The number of hydrogen-bond donors (Lipinski definition) is 0. The van der Waals surface area contributed by atoms with Gasteiger partial charge in [-0.3, -0.25) is 4.79 Å². The molecule has 1 aromatic rings. The molecule has 2 saturated heterocycles. The molecule has 2 heterocycles. The SMILES string of the molecule is O=C(CCCC[C@@H]1CCSS1)N1CCC(c2ccccc2)CC1. The fourth-order valence-electron chi connectivity index (χ4n) is 3.56. The van der Waals surface area contributed by atoms with E-state index in [9.17, 15) is 4.79 Å². The van der Waals surface area contributed by atoms with Crippen molar-refractivity contribution in [2.45, 2.75) is 56.1 Å². The quantitative estimate of drug-likeness (QED) is 0.526. The van der Waals surface area contributed by atoms with E-state index in [-0.39, 0.29) is 0 Å². The van der Waals surface area contributed by atoms with Crippen LogP contribution in [0.15, 0.2) is 30.3 Å². The van der Waals surface area contributed by atoms with Gasteiger partial charge in [0, 0.05) is 30.5 Å². The zero-order chi connectivity index (χ0) is 15.9. The van der Waals surface area contributed by atoms with Crippen LogP contribution >= 0.6 is 21.6 Å². The Kier molecular flexibility index (Phi) is 6.76. The molecule has 0 bridgehead atoms. The van der Waals surface area contributed by atoms with Crippen molar-refractivity contribution in [3.8, 4) is 0 Å². The van der Waals surface area contributed by atoms with Gasteiger partial charge in [-0.05, 0) is 43.6 Å². The second-order valence-electron chi connectivity index (χ2n) is 6.64. The van der Waals surface area contributed by atoms with Crippen LogP contribution in [0.3, 0.4) is 0 Å². The van der Waals surface area contributed by atoms with Crippen molar-refractivity contribution in [3.05, 3.63) is 35.9 Å². The maximum absolute atomic E-state index is 12.4. The van der Waals surface area contributed by atoms with E-state index < -0.39 is 0 Å². The van der Waals surface area contributed by atoms with Gasteiger partial charge in [0.05, 0.1) is 0 Å². The Balaban J connectivity index is 1.33. The first-order valence-corrected chi connectivity index (χ1v) is 11.3. The van der Waals surface area contributed by atoms with Gasteiger partial charge in [-0.1, -0.05) is 58.3 Å². The minimum atomic E-state index is 0.380. The second kappa shape index (κ2) is 9.03. The van der Waals surface area contributed by atoms with E-state index in [1.165, 1.54) is 30.6 Å². The summed E-state index contributed by atoms with van der Waals surface area (Å²) in [4.78, 5) is 14.5. The first kappa shape index (κ1) is 17.2. The van der Waals surface area contributed by atoms with Gasteiger partial charge in [0.1, 0.15) is 0 Å². The van der Waals surface area contributed by atoms with Crippen LogP contribution < -0.4 is 0 Å². The van der Waals surface area contributed by atoms with Crippen molar-refractivity contribution >= 4 is 27.5 Å². The predicted molar refractivity (Wildman–Crippen MR) is 102 cm³/mol. The number of rotatable bonds is 6. The van der Waals surface area contributed by atoms with Crippen molar-refractivity contribution in [2.24, 2.45) is 0 Å². The summed E-state index contributed by atoms with van der Waals surface area (Å²) in [5, 5.41) is 0.844. The molecule has 126 valence electrons. The monoisotopic (exact) mass is 349 g/mol. The smallest absolute Gasteiger partial charge is 0.222 e. The highest BCUT2D eigenvalue weighted by molar-refractivity contribution is 8.77. The molecule has 2 nitrogen and oxygen atoms in total. The lowest BCUT2D eigenvalue weighted by Gasteiger charge is -2.32. The molecule has 0 saturated carbocycles.